The van der Waals surface area contributed by atoms with Crippen molar-refractivity contribution in [2.45, 2.75) is 426 Å². The van der Waals surface area contributed by atoms with E-state index in [0.29, 0.717) is 25.7 Å². The Balaban J connectivity index is 5.26. The maximum absolute atomic E-state index is 13.1. The molecular formula is C78H152O17P2. The SMILES string of the molecule is CCCCCCCCCCCCCCCCCC(=O)OC[C@H](COP(=O)(O)OC[C@@H](O)COP(=O)(O)OC[C@@H](COC(=O)CCCCCCCCCCC(C)C)OC(=O)CCCCCCCCCCCCCCCC)OC(=O)CCCCCCCCCCCCCCCCC(C)C. The normalized spacial score (nSPS) is 14.0. The number of phosphoric ester groups is 2. The van der Waals surface area contributed by atoms with Crippen LogP contribution < -0.4 is 0 Å². The van der Waals surface area contributed by atoms with Gasteiger partial charge in [0, 0.05) is 25.7 Å². The van der Waals surface area contributed by atoms with Gasteiger partial charge in [0.1, 0.15) is 19.3 Å². The minimum absolute atomic E-state index is 0.107. The molecule has 3 N–H and O–H groups in total. The molecule has 0 bridgehead atoms. The second-order valence-electron chi connectivity index (χ2n) is 29.1. The first kappa shape index (κ1) is 95.1. The first-order valence-corrected chi connectivity index (χ1v) is 43.5. The first-order chi connectivity index (χ1) is 46.9. The van der Waals surface area contributed by atoms with E-state index in [1.807, 2.05) is 0 Å². The van der Waals surface area contributed by atoms with E-state index in [1.54, 1.807) is 0 Å². The lowest BCUT2D eigenvalue weighted by molar-refractivity contribution is -0.161. The molecule has 0 aliphatic carbocycles. The summed E-state index contributed by atoms with van der Waals surface area (Å²) in [5.74, 6) is -0.589. The van der Waals surface area contributed by atoms with Crippen molar-refractivity contribution in [3.63, 3.8) is 0 Å². The van der Waals surface area contributed by atoms with E-state index < -0.39 is 97.5 Å². The van der Waals surface area contributed by atoms with Gasteiger partial charge >= 0.3 is 39.5 Å². The van der Waals surface area contributed by atoms with E-state index in [2.05, 4.69) is 41.5 Å². The molecule has 0 amide bonds. The van der Waals surface area contributed by atoms with E-state index in [1.165, 1.54) is 225 Å². The van der Waals surface area contributed by atoms with Crippen LogP contribution in [-0.2, 0) is 65.4 Å². The molecule has 0 radical (unpaired) electrons. The smallest absolute Gasteiger partial charge is 0.462 e. The highest BCUT2D eigenvalue weighted by atomic mass is 31.2. The predicted molar refractivity (Wildman–Crippen MR) is 395 cm³/mol. The molecule has 0 saturated heterocycles. The van der Waals surface area contributed by atoms with Gasteiger partial charge in [-0.2, -0.15) is 0 Å². The second kappa shape index (κ2) is 69.8. The highest BCUT2D eigenvalue weighted by molar-refractivity contribution is 7.47. The molecule has 97 heavy (non-hydrogen) atoms. The number of aliphatic hydroxyl groups is 1. The maximum atomic E-state index is 13.1. The monoisotopic (exact) mass is 1420 g/mol. The maximum Gasteiger partial charge on any atom is 0.472 e. The number of unbranched alkanes of at least 4 members (excludes halogenated alkanes) is 47. The van der Waals surface area contributed by atoms with Crippen LogP contribution in [0.1, 0.15) is 408 Å². The Hall–Kier alpha value is -1.94. The summed E-state index contributed by atoms with van der Waals surface area (Å²) in [4.78, 5) is 72.9. The summed E-state index contributed by atoms with van der Waals surface area (Å²) in [6, 6.07) is 0. The van der Waals surface area contributed by atoms with Crippen LogP contribution in [0.2, 0.25) is 0 Å². The minimum Gasteiger partial charge on any atom is -0.462 e. The van der Waals surface area contributed by atoms with E-state index in [4.69, 9.17) is 37.0 Å². The van der Waals surface area contributed by atoms with Gasteiger partial charge in [-0.3, -0.25) is 37.3 Å². The average Bonchev–Trinajstić information content (AvgIpc) is 1.59. The van der Waals surface area contributed by atoms with Crippen LogP contribution in [0.3, 0.4) is 0 Å². The molecule has 0 saturated carbocycles. The molecule has 19 heteroatoms. The molecule has 0 aromatic carbocycles. The number of hydrogen-bond acceptors (Lipinski definition) is 15. The fourth-order valence-corrected chi connectivity index (χ4v) is 13.6. The quantitative estimate of drug-likeness (QED) is 0.0222. The lowest BCUT2D eigenvalue weighted by Gasteiger charge is -2.21. The highest BCUT2D eigenvalue weighted by Crippen LogP contribution is 2.45. The molecule has 0 aromatic rings. The van der Waals surface area contributed by atoms with Crippen molar-refractivity contribution in [1.82, 2.24) is 0 Å². The van der Waals surface area contributed by atoms with Gasteiger partial charge in [-0.15, -0.1) is 0 Å². The zero-order valence-electron chi connectivity index (χ0n) is 63.4. The van der Waals surface area contributed by atoms with E-state index >= 15 is 0 Å². The molecule has 0 fully saturated rings. The molecular weight excluding hydrogens is 1270 g/mol. The Kier molecular flexibility index (Phi) is 68.4. The van der Waals surface area contributed by atoms with E-state index in [0.717, 1.165) is 102 Å². The molecule has 0 heterocycles. The molecule has 576 valence electrons. The molecule has 0 aliphatic heterocycles. The molecule has 0 spiro atoms. The lowest BCUT2D eigenvalue weighted by Crippen LogP contribution is -2.30. The van der Waals surface area contributed by atoms with Crippen LogP contribution in [0.15, 0.2) is 0 Å². The Morgan fingerprint density at radius 1 is 0.278 bits per heavy atom. The number of hydrogen-bond donors (Lipinski definition) is 3. The average molecular weight is 1420 g/mol. The van der Waals surface area contributed by atoms with Gasteiger partial charge in [0.25, 0.3) is 0 Å². The van der Waals surface area contributed by atoms with Gasteiger partial charge in [-0.1, -0.05) is 356 Å². The second-order valence-corrected chi connectivity index (χ2v) is 32.0. The van der Waals surface area contributed by atoms with Gasteiger partial charge in [-0.25, -0.2) is 9.13 Å². The van der Waals surface area contributed by atoms with Crippen LogP contribution in [0.25, 0.3) is 0 Å². The molecule has 5 atom stereocenters. The van der Waals surface area contributed by atoms with Crippen LogP contribution in [0.5, 0.6) is 0 Å². The Labute approximate surface area is 594 Å². The number of esters is 4. The first-order valence-electron chi connectivity index (χ1n) is 40.5. The highest BCUT2D eigenvalue weighted by Gasteiger charge is 2.30. The van der Waals surface area contributed by atoms with Gasteiger partial charge < -0.3 is 33.8 Å². The third kappa shape index (κ3) is 72.2. The number of carbonyl (C=O) groups is 4. The van der Waals surface area contributed by atoms with Crippen molar-refractivity contribution in [2.75, 3.05) is 39.6 Å². The van der Waals surface area contributed by atoms with Gasteiger partial charge in [0.2, 0.25) is 0 Å². The van der Waals surface area contributed by atoms with E-state index in [-0.39, 0.29) is 25.7 Å². The molecule has 0 aliphatic rings. The minimum atomic E-state index is -4.96. The van der Waals surface area contributed by atoms with Crippen LogP contribution in [0, 0.1) is 11.8 Å². The van der Waals surface area contributed by atoms with Crippen molar-refractivity contribution in [3.8, 4) is 0 Å². The van der Waals surface area contributed by atoms with Gasteiger partial charge in [0.05, 0.1) is 26.4 Å². The number of carbonyl (C=O) groups excluding carboxylic acids is 4. The van der Waals surface area contributed by atoms with Gasteiger partial charge in [-0.05, 0) is 37.5 Å². The third-order valence-corrected chi connectivity index (χ3v) is 20.1. The summed E-state index contributed by atoms with van der Waals surface area (Å²) < 4.78 is 68.6. The Morgan fingerprint density at radius 3 is 0.701 bits per heavy atom. The van der Waals surface area contributed by atoms with Gasteiger partial charge in [0.15, 0.2) is 12.2 Å². The fourth-order valence-electron chi connectivity index (χ4n) is 12.0. The summed E-state index contributed by atoms with van der Waals surface area (Å²) in [6.45, 7) is 9.61. The van der Waals surface area contributed by atoms with Crippen LogP contribution in [-0.4, -0.2) is 96.7 Å². The molecule has 17 nitrogen and oxygen atoms in total. The van der Waals surface area contributed by atoms with Crippen molar-refractivity contribution in [3.05, 3.63) is 0 Å². The largest absolute Gasteiger partial charge is 0.472 e. The van der Waals surface area contributed by atoms with Crippen molar-refractivity contribution >= 4 is 39.5 Å². The Bertz CT molecular complexity index is 1870. The van der Waals surface area contributed by atoms with Crippen molar-refractivity contribution in [1.29, 1.82) is 0 Å². The summed E-state index contributed by atoms with van der Waals surface area (Å²) >= 11 is 0. The zero-order valence-corrected chi connectivity index (χ0v) is 65.2. The van der Waals surface area contributed by atoms with Crippen LogP contribution in [0.4, 0.5) is 0 Å². The number of rotatable bonds is 77. The molecule has 0 rings (SSSR count). The third-order valence-electron chi connectivity index (χ3n) is 18.2. The van der Waals surface area contributed by atoms with E-state index in [9.17, 15) is 43.2 Å². The van der Waals surface area contributed by atoms with Crippen molar-refractivity contribution in [2.24, 2.45) is 11.8 Å². The standard InChI is InChI=1S/C78H152O17P2/c1-7-9-11-13-15-17-19-21-23-28-31-35-42-48-54-60-75(80)88-66-73(94-78(83)63-57-51-45-37-33-29-25-24-26-30-34-40-46-52-58-70(3)4)68-92-96(84,85)90-64-72(79)65-91-97(86,87)93-69-74(67-89-76(81)61-55-49-43-39-38-41-47-53-59-71(5)6)95-77(82)62-56-50-44-36-32-27-22-20-18-16-14-12-10-8-2/h70-74,79H,7-69H2,1-6H3,(H,84,85)(H,86,87)/t72-,73-,74-/m1/s1. The molecule has 0 aromatic heterocycles. The summed E-state index contributed by atoms with van der Waals surface area (Å²) in [7, 11) is -9.92. The summed E-state index contributed by atoms with van der Waals surface area (Å²) in [6.07, 6.45) is 58.1. The fraction of sp³-hybridized carbons (Fsp3) is 0.949. The van der Waals surface area contributed by atoms with Crippen molar-refractivity contribution < 1.29 is 80.2 Å². The molecule has 2 unspecified atom stereocenters. The summed E-state index contributed by atoms with van der Waals surface area (Å²) in [5.41, 5.74) is 0. The summed E-state index contributed by atoms with van der Waals surface area (Å²) in [5, 5.41) is 10.6. The predicted octanol–water partition coefficient (Wildman–Crippen LogP) is 23.1. The number of phosphoric acid groups is 2. The van der Waals surface area contributed by atoms with Crippen LogP contribution >= 0.6 is 15.6 Å². The number of aliphatic hydroxyl groups excluding tert-OH is 1. The topological polar surface area (TPSA) is 237 Å². The zero-order chi connectivity index (χ0) is 71.4. The number of ether oxygens (including phenoxy) is 4. The lowest BCUT2D eigenvalue weighted by atomic mass is 10.0. The Morgan fingerprint density at radius 2 is 0.474 bits per heavy atom.